The summed E-state index contributed by atoms with van der Waals surface area (Å²) in [5.74, 6) is 1.19. The van der Waals surface area contributed by atoms with Crippen LogP contribution in [0, 0.1) is 22.7 Å². The summed E-state index contributed by atoms with van der Waals surface area (Å²) in [6.45, 7) is 4.25. The van der Waals surface area contributed by atoms with Crippen molar-refractivity contribution in [2.75, 3.05) is 5.73 Å². The maximum atomic E-state index is 9.89. The average molecular weight is 463 g/mol. The van der Waals surface area contributed by atoms with Gasteiger partial charge in [0.1, 0.15) is 28.5 Å². The Hall–Kier alpha value is -2.80. The van der Waals surface area contributed by atoms with Crippen molar-refractivity contribution in [2.45, 2.75) is 30.5 Å². The van der Waals surface area contributed by atoms with Crippen LogP contribution in [0.1, 0.15) is 42.0 Å². The van der Waals surface area contributed by atoms with Crippen LogP contribution in [0.2, 0.25) is 0 Å². The first-order valence-electron chi connectivity index (χ1n) is 9.05. The second-order valence-corrected chi connectivity index (χ2v) is 8.72. The Morgan fingerprint density at radius 3 is 2.17 bits per heavy atom. The number of hydrogen-bond acceptors (Lipinski definition) is 5. The van der Waals surface area contributed by atoms with Crippen LogP contribution >= 0.6 is 27.7 Å². The third-order valence-corrected chi connectivity index (χ3v) is 6.15. The van der Waals surface area contributed by atoms with E-state index in [0.29, 0.717) is 27.8 Å². The first kappa shape index (κ1) is 20.9. The summed E-state index contributed by atoms with van der Waals surface area (Å²) in [6.07, 6.45) is 0. The molecule has 0 saturated heterocycles. The van der Waals surface area contributed by atoms with Gasteiger partial charge in [0.05, 0.1) is 5.56 Å². The second-order valence-electron chi connectivity index (χ2n) is 6.84. The predicted molar refractivity (Wildman–Crippen MR) is 121 cm³/mol. The largest absolute Gasteiger partial charge is 0.383 e. The molecule has 0 aliphatic rings. The summed E-state index contributed by atoms with van der Waals surface area (Å²) >= 11 is 4.87. The monoisotopic (exact) mass is 462 g/mol. The predicted octanol–water partition coefficient (Wildman–Crippen LogP) is 6.25. The van der Waals surface area contributed by atoms with Gasteiger partial charge >= 0.3 is 0 Å². The third-order valence-electron chi connectivity index (χ3n) is 4.57. The molecule has 6 heteroatoms. The number of aromatic nitrogens is 1. The van der Waals surface area contributed by atoms with Crippen LogP contribution in [0.4, 0.5) is 5.82 Å². The number of nitrogens with two attached hydrogens (primary N) is 1. The highest BCUT2D eigenvalue weighted by molar-refractivity contribution is 9.10. The van der Waals surface area contributed by atoms with Gasteiger partial charge in [0, 0.05) is 15.8 Å². The van der Waals surface area contributed by atoms with Crippen LogP contribution in [0.25, 0.3) is 11.1 Å². The van der Waals surface area contributed by atoms with Crippen molar-refractivity contribution in [3.05, 3.63) is 75.3 Å². The topological polar surface area (TPSA) is 86.5 Å². The minimum atomic E-state index is 0.146. The molecule has 1 aromatic heterocycles. The van der Waals surface area contributed by atoms with E-state index < -0.39 is 0 Å². The van der Waals surface area contributed by atoms with E-state index >= 15 is 0 Å². The van der Waals surface area contributed by atoms with Crippen LogP contribution in [-0.2, 0) is 5.75 Å². The van der Waals surface area contributed by atoms with Gasteiger partial charge in [-0.25, -0.2) is 4.98 Å². The maximum Gasteiger partial charge on any atom is 0.143 e. The quantitative estimate of drug-likeness (QED) is 0.452. The number of hydrogen-bond donors (Lipinski definition) is 1. The number of nitrogens with zero attached hydrogens (tertiary/aromatic N) is 3. The van der Waals surface area contributed by atoms with Crippen molar-refractivity contribution in [2.24, 2.45) is 0 Å². The molecular formula is C23H19BrN4S. The Labute approximate surface area is 183 Å². The fraction of sp³-hybridized carbons (Fsp3) is 0.174. The van der Waals surface area contributed by atoms with Crippen molar-refractivity contribution < 1.29 is 0 Å². The SMILES string of the molecule is CC(C)c1ccc(-c2c(C#N)c(N)nc(SCc3ccc(Br)cc3)c2C#N)cc1. The summed E-state index contributed by atoms with van der Waals surface area (Å²) in [5.41, 5.74) is 10.4. The first-order valence-corrected chi connectivity index (χ1v) is 10.8. The molecule has 0 unspecified atom stereocenters. The van der Waals surface area contributed by atoms with Crippen LogP contribution in [0.15, 0.2) is 58.0 Å². The van der Waals surface area contributed by atoms with Gasteiger partial charge in [-0.2, -0.15) is 10.5 Å². The fourth-order valence-electron chi connectivity index (χ4n) is 2.96. The molecule has 144 valence electrons. The lowest BCUT2D eigenvalue weighted by Crippen LogP contribution is -2.03. The summed E-state index contributed by atoms with van der Waals surface area (Å²) in [5, 5.41) is 20.1. The summed E-state index contributed by atoms with van der Waals surface area (Å²) in [7, 11) is 0. The molecule has 3 aromatic rings. The van der Waals surface area contributed by atoms with Crippen molar-refractivity contribution in [3.8, 4) is 23.3 Å². The summed E-state index contributed by atoms with van der Waals surface area (Å²) in [6, 6.07) is 20.3. The molecule has 0 atom stereocenters. The maximum absolute atomic E-state index is 9.89. The minimum Gasteiger partial charge on any atom is -0.383 e. The average Bonchev–Trinajstić information content (AvgIpc) is 2.72. The van der Waals surface area contributed by atoms with Gasteiger partial charge in [0.15, 0.2) is 0 Å². The van der Waals surface area contributed by atoms with E-state index in [-0.39, 0.29) is 11.4 Å². The van der Waals surface area contributed by atoms with Gasteiger partial charge in [-0.3, -0.25) is 0 Å². The van der Waals surface area contributed by atoms with Gasteiger partial charge < -0.3 is 5.73 Å². The Kier molecular flexibility index (Phi) is 6.59. The molecule has 0 radical (unpaired) electrons. The number of nitrogen functional groups attached to an aromatic ring is 1. The molecule has 2 aromatic carbocycles. The third kappa shape index (κ3) is 4.62. The smallest absolute Gasteiger partial charge is 0.143 e. The van der Waals surface area contributed by atoms with E-state index in [1.54, 1.807) is 0 Å². The number of benzene rings is 2. The lowest BCUT2D eigenvalue weighted by Gasteiger charge is -2.14. The number of rotatable bonds is 5. The zero-order chi connectivity index (χ0) is 21.0. The Morgan fingerprint density at radius 2 is 1.62 bits per heavy atom. The Balaban J connectivity index is 2.06. The van der Waals surface area contributed by atoms with Crippen molar-refractivity contribution in [3.63, 3.8) is 0 Å². The van der Waals surface area contributed by atoms with Gasteiger partial charge in [-0.05, 0) is 34.7 Å². The summed E-state index contributed by atoms with van der Waals surface area (Å²) < 4.78 is 1.01. The van der Waals surface area contributed by atoms with Crippen LogP contribution in [0.3, 0.4) is 0 Å². The second kappa shape index (κ2) is 9.13. The van der Waals surface area contributed by atoms with E-state index in [9.17, 15) is 10.5 Å². The lowest BCUT2D eigenvalue weighted by molar-refractivity contribution is 0.867. The molecule has 0 amide bonds. The van der Waals surface area contributed by atoms with E-state index in [2.05, 4.69) is 46.9 Å². The number of thioether (sulfide) groups is 1. The Bertz CT molecular complexity index is 1110. The zero-order valence-corrected chi connectivity index (χ0v) is 18.5. The van der Waals surface area contributed by atoms with Gasteiger partial charge in [0.25, 0.3) is 0 Å². The lowest BCUT2D eigenvalue weighted by atomic mass is 9.94. The van der Waals surface area contributed by atoms with Crippen LogP contribution in [-0.4, -0.2) is 4.98 Å². The molecule has 0 bridgehead atoms. The van der Waals surface area contributed by atoms with Crippen LogP contribution < -0.4 is 5.73 Å². The molecule has 2 N–H and O–H groups in total. The molecule has 29 heavy (non-hydrogen) atoms. The number of anilines is 1. The highest BCUT2D eigenvalue weighted by atomic mass is 79.9. The zero-order valence-electron chi connectivity index (χ0n) is 16.1. The van der Waals surface area contributed by atoms with E-state index in [1.165, 1.54) is 17.3 Å². The molecule has 0 spiro atoms. The van der Waals surface area contributed by atoms with Gasteiger partial charge in [-0.1, -0.05) is 66.2 Å². The molecule has 3 rings (SSSR count). The highest BCUT2D eigenvalue weighted by Crippen LogP contribution is 2.37. The fourth-order valence-corrected chi connectivity index (χ4v) is 4.17. The standard InChI is InChI=1S/C23H19BrN4S/c1-14(2)16-5-7-17(8-6-16)21-19(11-25)22(27)28-23(20(21)12-26)29-13-15-3-9-18(24)10-4-15/h3-10,14H,13H2,1-2H3,(H2,27,28). The van der Waals surface area contributed by atoms with Gasteiger partial charge in [-0.15, -0.1) is 11.8 Å². The molecule has 0 aliphatic heterocycles. The van der Waals surface area contributed by atoms with Gasteiger partial charge in [0.2, 0.25) is 0 Å². The molecule has 0 fully saturated rings. The van der Waals surface area contributed by atoms with E-state index in [0.717, 1.165) is 15.6 Å². The summed E-state index contributed by atoms with van der Waals surface area (Å²) in [4.78, 5) is 4.37. The number of halogens is 1. The van der Waals surface area contributed by atoms with Crippen molar-refractivity contribution >= 4 is 33.5 Å². The van der Waals surface area contributed by atoms with E-state index in [4.69, 9.17) is 5.73 Å². The molecule has 4 nitrogen and oxygen atoms in total. The molecule has 0 saturated carbocycles. The molecule has 0 aliphatic carbocycles. The number of nitriles is 2. The normalized spacial score (nSPS) is 10.6. The molecule has 1 heterocycles. The number of pyridine rings is 1. The minimum absolute atomic E-state index is 0.146. The van der Waals surface area contributed by atoms with Crippen molar-refractivity contribution in [1.82, 2.24) is 4.98 Å². The van der Waals surface area contributed by atoms with Crippen LogP contribution in [0.5, 0.6) is 0 Å². The first-order chi connectivity index (χ1) is 13.9. The highest BCUT2D eigenvalue weighted by Gasteiger charge is 2.20. The van der Waals surface area contributed by atoms with Crippen molar-refractivity contribution in [1.29, 1.82) is 10.5 Å². The van der Waals surface area contributed by atoms with E-state index in [1.807, 2.05) is 48.5 Å². The Morgan fingerprint density at radius 1 is 1.00 bits per heavy atom. The molecular weight excluding hydrogens is 444 g/mol.